The molecular weight excluding hydrogens is 196 g/mol. The fourth-order valence-corrected chi connectivity index (χ4v) is 5.08. The first-order valence-corrected chi connectivity index (χ1v) is 6.64. The average Bonchev–Trinajstić information content (AvgIpc) is 2.50. The molecule has 0 aromatic heterocycles. The van der Waals surface area contributed by atoms with Crippen molar-refractivity contribution >= 4 is 5.78 Å². The second kappa shape index (κ2) is 2.80. The van der Waals surface area contributed by atoms with Gasteiger partial charge in [-0.05, 0) is 49.0 Å². The van der Waals surface area contributed by atoms with Crippen LogP contribution >= 0.6 is 0 Å². The fourth-order valence-electron chi connectivity index (χ4n) is 5.08. The lowest BCUT2D eigenvalue weighted by molar-refractivity contribution is -0.119. The van der Waals surface area contributed by atoms with Gasteiger partial charge in [0, 0.05) is 11.8 Å². The third-order valence-corrected chi connectivity index (χ3v) is 6.26. The van der Waals surface area contributed by atoms with Gasteiger partial charge in [0.2, 0.25) is 0 Å². The highest BCUT2D eigenvalue weighted by molar-refractivity contribution is 6.00. The first kappa shape index (κ1) is 10.6. The van der Waals surface area contributed by atoms with Crippen molar-refractivity contribution in [2.45, 2.75) is 53.4 Å². The van der Waals surface area contributed by atoms with Crippen molar-refractivity contribution in [2.75, 3.05) is 0 Å². The summed E-state index contributed by atoms with van der Waals surface area (Å²) in [7, 11) is 0. The molecule has 0 N–H and O–H groups in total. The first-order valence-electron chi connectivity index (χ1n) is 6.64. The Labute approximate surface area is 98.3 Å². The molecule has 0 aliphatic heterocycles. The van der Waals surface area contributed by atoms with Crippen LogP contribution in [0.1, 0.15) is 53.4 Å². The number of Topliss-reactive ketones (excluding diaryl/α,β-unsaturated/α-hetero) is 1. The van der Waals surface area contributed by atoms with Crippen LogP contribution in [0, 0.1) is 22.7 Å². The highest BCUT2D eigenvalue weighted by Gasteiger charge is 2.65. The number of ketones is 1. The van der Waals surface area contributed by atoms with E-state index in [4.69, 9.17) is 0 Å². The Morgan fingerprint density at radius 2 is 1.94 bits per heavy atom. The fraction of sp³-hybridized carbons (Fsp3) is 0.800. The summed E-state index contributed by atoms with van der Waals surface area (Å²) in [5.74, 6) is 1.94. The molecule has 2 saturated carbocycles. The molecule has 88 valence electrons. The van der Waals surface area contributed by atoms with Crippen LogP contribution in [0.4, 0.5) is 0 Å². The summed E-state index contributed by atoms with van der Waals surface area (Å²) < 4.78 is 0. The molecule has 0 amide bonds. The minimum Gasteiger partial charge on any atom is -0.295 e. The molecule has 0 aromatic carbocycles. The van der Waals surface area contributed by atoms with Crippen molar-refractivity contribution in [2.24, 2.45) is 22.7 Å². The van der Waals surface area contributed by atoms with E-state index in [2.05, 4.69) is 27.7 Å². The molecule has 0 heterocycles. The van der Waals surface area contributed by atoms with E-state index in [1.54, 1.807) is 0 Å². The maximum atomic E-state index is 12.1. The highest BCUT2D eigenvalue weighted by Crippen LogP contribution is 2.71. The van der Waals surface area contributed by atoms with E-state index in [1.165, 1.54) is 24.8 Å². The molecule has 2 bridgehead atoms. The third-order valence-electron chi connectivity index (χ3n) is 6.26. The van der Waals surface area contributed by atoms with Gasteiger partial charge in [0.05, 0.1) is 0 Å². The molecule has 1 spiro atoms. The van der Waals surface area contributed by atoms with E-state index < -0.39 is 0 Å². The van der Waals surface area contributed by atoms with Crippen LogP contribution in [0.2, 0.25) is 0 Å². The smallest absolute Gasteiger partial charge is 0.159 e. The Hall–Kier alpha value is -0.590. The monoisotopic (exact) mass is 218 g/mol. The number of carbonyl (C=O) groups excluding carboxylic acids is 1. The van der Waals surface area contributed by atoms with Crippen LogP contribution in [0.25, 0.3) is 0 Å². The minimum atomic E-state index is 0.233. The van der Waals surface area contributed by atoms with Crippen LogP contribution in [0.15, 0.2) is 11.1 Å². The topological polar surface area (TPSA) is 17.1 Å². The van der Waals surface area contributed by atoms with Gasteiger partial charge in [-0.15, -0.1) is 0 Å². The van der Waals surface area contributed by atoms with Gasteiger partial charge < -0.3 is 0 Å². The summed E-state index contributed by atoms with van der Waals surface area (Å²) in [6.07, 6.45) is 4.69. The zero-order chi connectivity index (χ0) is 11.7. The van der Waals surface area contributed by atoms with Gasteiger partial charge in [0.25, 0.3) is 0 Å². The quantitative estimate of drug-likeness (QED) is 0.605. The van der Waals surface area contributed by atoms with Gasteiger partial charge in [0.1, 0.15) is 0 Å². The van der Waals surface area contributed by atoms with Crippen molar-refractivity contribution in [3.63, 3.8) is 0 Å². The van der Waals surface area contributed by atoms with Crippen LogP contribution in [-0.4, -0.2) is 5.78 Å². The van der Waals surface area contributed by atoms with E-state index in [1.807, 2.05) is 0 Å². The lowest BCUT2D eigenvalue weighted by atomic mass is 9.53. The maximum Gasteiger partial charge on any atom is 0.159 e. The third kappa shape index (κ3) is 0.881. The molecule has 1 nitrogen and oxygen atoms in total. The molecule has 16 heavy (non-hydrogen) atoms. The number of fused-ring (bicyclic) bond motifs is 1. The Kier molecular flexibility index (Phi) is 1.85. The Morgan fingerprint density at radius 1 is 1.25 bits per heavy atom. The van der Waals surface area contributed by atoms with E-state index in [0.717, 1.165) is 17.9 Å². The number of rotatable bonds is 0. The zero-order valence-corrected chi connectivity index (χ0v) is 10.9. The van der Waals surface area contributed by atoms with Crippen molar-refractivity contribution in [1.82, 2.24) is 0 Å². The van der Waals surface area contributed by atoms with Crippen LogP contribution in [-0.2, 0) is 4.79 Å². The number of carbonyl (C=O) groups is 1. The zero-order valence-electron chi connectivity index (χ0n) is 10.9. The van der Waals surface area contributed by atoms with Crippen LogP contribution in [0.5, 0.6) is 0 Å². The van der Waals surface area contributed by atoms with Crippen molar-refractivity contribution < 1.29 is 4.79 Å². The van der Waals surface area contributed by atoms with Gasteiger partial charge in [-0.3, -0.25) is 4.79 Å². The van der Waals surface area contributed by atoms with Gasteiger partial charge in [0.15, 0.2) is 5.78 Å². The van der Waals surface area contributed by atoms with Gasteiger partial charge in [-0.25, -0.2) is 0 Å². The van der Waals surface area contributed by atoms with Crippen LogP contribution < -0.4 is 0 Å². The first-order chi connectivity index (χ1) is 7.41. The second-order valence-electron chi connectivity index (χ2n) is 6.78. The number of hydrogen-bond donors (Lipinski definition) is 0. The molecule has 1 heteroatoms. The number of hydrogen-bond acceptors (Lipinski definition) is 1. The van der Waals surface area contributed by atoms with Crippen molar-refractivity contribution in [3.05, 3.63) is 11.1 Å². The predicted molar refractivity (Wildman–Crippen MR) is 65.0 cm³/mol. The normalized spacial score (nSPS) is 45.1. The van der Waals surface area contributed by atoms with Gasteiger partial charge >= 0.3 is 0 Å². The molecule has 0 unspecified atom stereocenters. The lowest BCUT2D eigenvalue weighted by Gasteiger charge is -2.51. The second-order valence-corrected chi connectivity index (χ2v) is 6.78. The summed E-state index contributed by atoms with van der Waals surface area (Å²) >= 11 is 0. The van der Waals surface area contributed by atoms with Crippen molar-refractivity contribution in [1.29, 1.82) is 0 Å². The standard InChI is InChI=1S/C15H22O/c1-9-5-6-11-7-12-10(2)13(16)8-15(9,12)14(11,3)4/h9,11H,5-8H2,1-4H3/t9-,11-,15+/m1/s1. The van der Waals surface area contributed by atoms with E-state index in [-0.39, 0.29) is 5.41 Å². The highest BCUT2D eigenvalue weighted by atomic mass is 16.1. The molecule has 3 atom stereocenters. The summed E-state index contributed by atoms with van der Waals surface area (Å²) in [6.45, 7) is 9.25. The minimum absolute atomic E-state index is 0.233. The molecule has 0 radical (unpaired) electrons. The molecule has 3 rings (SSSR count). The Morgan fingerprint density at radius 3 is 2.62 bits per heavy atom. The molecular formula is C15H22O. The van der Waals surface area contributed by atoms with Gasteiger partial charge in [-0.2, -0.15) is 0 Å². The molecule has 0 saturated heterocycles. The lowest BCUT2D eigenvalue weighted by Crippen LogP contribution is -2.45. The predicted octanol–water partition coefficient (Wildman–Crippen LogP) is 3.74. The van der Waals surface area contributed by atoms with E-state index in [9.17, 15) is 4.79 Å². The van der Waals surface area contributed by atoms with Crippen molar-refractivity contribution in [3.8, 4) is 0 Å². The van der Waals surface area contributed by atoms with Gasteiger partial charge in [-0.1, -0.05) is 26.3 Å². The Balaban J connectivity index is 2.24. The van der Waals surface area contributed by atoms with E-state index in [0.29, 0.717) is 17.1 Å². The maximum absolute atomic E-state index is 12.1. The molecule has 2 fully saturated rings. The summed E-state index contributed by atoms with van der Waals surface area (Å²) in [4.78, 5) is 12.1. The molecule has 3 aliphatic rings. The molecule has 3 aliphatic carbocycles. The summed E-state index contributed by atoms with van der Waals surface area (Å²) in [6, 6.07) is 0. The van der Waals surface area contributed by atoms with Crippen LogP contribution in [0.3, 0.4) is 0 Å². The Bertz CT molecular complexity index is 402. The average molecular weight is 218 g/mol. The summed E-state index contributed by atoms with van der Waals surface area (Å²) in [5.41, 5.74) is 3.23. The van der Waals surface area contributed by atoms with E-state index >= 15 is 0 Å². The molecule has 0 aromatic rings. The summed E-state index contributed by atoms with van der Waals surface area (Å²) in [5, 5.41) is 0. The SMILES string of the molecule is CC1=C2C[C@H]3CC[C@@H](C)[C@]2(CC1=O)C3(C)C. The number of allylic oxidation sites excluding steroid dienone is 2. The largest absolute Gasteiger partial charge is 0.295 e.